The quantitative estimate of drug-likeness (QED) is 0.492. The summed E-state index contributed by atoms with van der Waals surface area (Å²) in [6.07, 6.45) is 0.275. The fourth-order valence-corrected chi connectivity index (χ4v) is 1.82. The molecule has 94 valence electrons. The highest BCUT2D eigenvalue weighted by Crippen LogP contribution is 2.29. The molecule has 1 unspecified atom stereocenters. The number of esters is 1. The van der Waals surface area contributed by atoms with E-state index < -0.39 is 10.9 Å². The van der Waals surface area contributed by atoms with Crippen LogP contribution in [0.3, 0.4) is 0 Å². The van der Waals surface area contributed by atoms with Gasteiger partial charge in [0.2, 0.25) is 0 Å². The molecule has 2 rings (SSSR count). The first kappa shape index (κ1) is 12.0. The lowest BCUT2D eigenvalue weighted by Crippen LogP contribution is -2.15. The van der Waals surface area contributed by atoms with Gasteiger partial charge in [-0.2, -0.15) is 5.10 Å². The second-order valence-corrected chi connectivity index (χ2v) is 3.75. The molecule has 0 saturated heterocycles. The first-order valence-electron chi connectivity index (χ1n) is 5.27. The third-order valence-corrected chi connectivity index (χ3v) is 2.68. The first-order chi connectivity index (χ1) is 8.63. The highest BCUT2D eigenvalue weighted by atomic mass is 16.6. The standard InChI is InChI=1S/C11H11N3O4/c1-18-11(15)9-6-8(12-13-9)7-4-2-3-5-10(7)14(16)17/h2-5,8,12H,6H2,1H3. The number of methoxy groups -OCH3 is 1. The molecular formula is C11H11N3O4. The summed E-state index contributed by atoms with van der Waals surface area (Å²) in [5.41, 5.74) is 3.47. The minimum Gasteiger partial charge on any atom is -0.464 e. The number of hydrogen-bond acceptors (Lipinski definition) is 6. The van der Waals surface area contributed by atoms with Gasteiger partial charge in [0.1, 0.15) is 5.71 Å². The van der Waals surface area contributed by atoms with Gasteiger partial charge in [0.25, 0.3) is 5.69 Å². The number of nitro groups is 1. The molecule has 1 aliphatic heterocycles. The van der Waals surface area contributed by atoms with Crippen molar-refractivity contribution in [3.05, 3.63) is 39.9 Å². The van der Waals surface area contributed by atoms with Gasteiger partial charge in [-0.15, -0.1) is 0 Å². The summed E-state index contributed by atoms with van der Waals surface area (Å²) >= 11 is 0. The van der Waals surface area contributed by atoms with Gasteiger partial charge in [-0.05, 0) is 0 Å². The van der Waals surface area contributed by atoms with Crippen LogP contribution in [0.2, 0.25) is 0 Å². The number of carbonyl (C=O) groups is 1. The molecule has 1 aromatic carbocycles. The van der Waals surface area contributed by atoms with E-state index in [2.05, 4.69) is 15.3 Å². The van der Waals surface area contributed by atoms with E-state index in [9.17, 15) is 14.9 Å². The molecule has 0 aromatic heterocycles. The van der Waals surface area contributed by atoms with Crippen LogP contribution in [-0.2, 0) is 9.53 Å². The third-order valence-electron chi connectivity index (χ3n) is 2.68. The van der Waals surface area contributed by atoms with Crippen molar-refractivity contribution in [2.45, 2.75) is 12.5 Å². The summed E-state index contributed by atoms with van der Waals surface area (Å²) in [6, 6.07) is 6.00. The van der Waals surface area contributed by atoms with E-state index in [-0.39, 0.29) is 23.9 Å². The second-order valence-electron chi connectivity index (χ2n) is 3.75. The number of para-hydroxylation sites is 1. The molecule has 1 atom stereocenters. The summed E-state index contributed by atoms with van der Waals surface area (Å²) in [5, 5.41) is 14.7. The van der Waals surface area contributed by atoms with E-state index in [1.54, 1.807) is 18.2 Å². The number of ether oxygens (including phenoxy) is 1. The van der Waals surface area contributed by atoms with E-state index in [4.69, 9.17) is 0 Å². The first-order valence-corrected chi connectivity index (χ1v) is 5.27. The van der Waals surface area contributed by atoms with Crippen molar-refractivity contribution in [3.63, 3.8) is 0 Å². The lowest BCUT2D eigenvalue weighted by Gasteiger charge is -2.09. The van der Waals surface area contributed by atoms with Gasteiger partial charge in [-0.1, -0.05) is 18.2 Å². The summed E-state index contributed by atoms with van der Waals surface area (Å²) in [4.78, 5) is 21.7. The van der Waals surface area contributed by atoms with Crippen molar-refractivity contribution in [2.24, 2.45) is 5.10 Å². The highest BCUT2D eigenvalue weighted by molar-refractivity contribution is 6.36. The summed E-state index contributed by atoms with van der Waals surface area (Å²) in [6.45, 7) is 0. The predicted molar refractivity (Wildman–Crippen MR) is 63.0 cm³/mol. The Balaban J connectivity index is 2.21. The number of nitro benzene ring substituents is 1. The third kappa shape index (κ3) is 2.15. The van der Waals surface area contributed by atoms with Gasteiger partial charge in [-0.25, -0.2) is 4.79 Å². The molecular weight excluding hydrogens is 238 g/mol. The number of hydrogen-bond donors (Lipinski definition) is 1. The number of nitrogens with zero attached hydrogens (tertiary/aromatic N) is 2. The maximum absolute atomic E-state index is 11.3. The normalized spacial score (nSPS) is 17.8. The van der Waals surface area contributed by atoms with E-state index in [1.807, 2.05) is 0 Å². The number of benzene rings is 1. The Kier molecular flexibility index (Phi) is 3.22. The Morgan fingerprint density at radius 3 is 2.94 bits per heavy atom. The number of rotatable bonds is 3. The smallest absolute Gasteiger partial charge is 0.354 e. The molecule has 7 nitrogen and oxygen atoms in total. The van der Waals surface area contributed by atoms with Crippen LogP contribution in [0.1, 0.15) is 18.0 Å². The highest BCUT2D eigenvalue weighted by Gasteiger charge is 2.29. The van der Waals surface area contributed by atoms with Crippen LogP contribution in [0.4, 0.5) is 5.69 Å². The van der Waals surface area contributed by atoms with Crippen molar-refractivity contribution in [2.75, 3.05) is 7.11 Å². The maximum Gasteiger partial charge on any atom is 0.354 e. The summed E-state index contributed by atoms with van der Waals surface area (Å²) in [7, 11) is 1.27. The Labute approximate surface area is 103 Å². The van der Waals surface area contributed by atoms with Crippen molar-refractivity contribution < 1.29 is 14.5 Å². The number of nitrogens with one attached hydrogen (secondary N) is 1. The number of carbonyl (C=O) groups excluding carboxylic acids is 1. The summed E-state index contributed by atoms with van der Waals surface area (Å²) < 4.78 is 4.55. The van der Waals surface area contributed by atoms with Crippen LogP contribution in [0.5, 0.6) is 0 Å². The molecule has 0 bridgehead atoms. The molecule has 0 amide bonds. The van der Waals surface area contributed by atoms with Crippen molar-refractivity contribution in [3.8, 4) is 0 Å². The number of hydrazone groups is 1. The average Bonchev–Trinajstić information content (AvgIpc) is 2.87. The molecule has 1 heterocycles. The zero-order valence-corrected chi connectivity index (χ0v) is 9.62. The van der Waals surface area contributed by atoms with Crippen LogP contribution in [0.15, 0.2) is 29.4 Å². The Morgan fingerprint density at radius 2 is 2.28 bits per heavy atom. The summed E-state index contributed by atoms with van der Waals surface area (Å²) in [5.74, 6) is -0.524. The van der Waals surface area contributed by atoms with Crippen LogP contribution < -0.4 is 5.43 Å². The molecule has 0 saturated carbocycles. The Morgan fingerprint density at radius 1 is 1.56 bits per heavy atom. The molecule has 0 aliphatic carbocycles. The monoisotopic (exact) mass is 249 g/mol. The fraction of sp³-hybridized carbons (Fsp3) is 0.273. The van der Waals surface area contributed by atoms with Crippen molar-refractivity contribution >= 4 is 17.4 Å². The van der Waals surface area contributed by atoms with E-state index in [0.29, 0.717) is 5.56 Å². The lowest BCUT2D eigenvalue weighted by atomic mass is 10.0. The van der Waals surface area contributed by atoms with Gasteiger partial charge < -0.3 is 10.2 Å². The SMILES string of the molecule is COC(=O)C1=NNC(c2ccccc2[N+](=O)[O-])C1. The molecule has 1 N–H and O–H groups in total. The molecule has 1 aromatic rings. The topological polar surface area (TPSA) is 93.8 Å². The molecule has 1 aliphatic rings. The van der Waals surface area contributed by atoms with E-state index >= 15 is 0 Å². The van der Waals surface area contributed by atoms with E-state index in [0.717, 1.165) is 0 Å². The van der Waals surface area contributed by atoms with Crippen LogP contribution in [0, 0.1) is 10.1 Å². The molecule has 18 heavy (non-hydrogen) atoms. The fourth-order valence-electron chi connectivity index (χ4n) is 1.82. The lowest BCUT2D eigenvalue weighted by molar-refractivity contribution is -0.385. The van der Waals surface area contributed by atoms with Crippen LogP contribution >= 0.6 is 0 Å². The van der Waals surface area contributed by atoms with Crippen LogP contribution in [-0.4, -0.2) is 23.7 Å². The van der Waals surface area contributed by atoms with Gasteiger partial charge in [0.15, 0.2) is 0 Å². The Bertz CT molecular complexity index is 527. The van der Waals surface area contributed by atoms with Gasteiger partial charge in [0, 0.05) is 12.5 Å². The minimum atomic E-state index is -0.524. The average molecular weight is 249 g/mol. The van der Waals surface area contributed by atoms with Gasteiger partial charge >= 0.3 is 5.97 Å². The van der Waals surface area contributed by atoms with Crippen molar-refractivity contribution in [1.82, 2.24) is 5.43 Å². The Hall–Kier alpha value is -2.44. The molecule has 0 fully saturated rings. The molecule has 7 heteroatoms. The zero-order chi connectivity index (χ0) is 13.1. The van der Waals surface area contributed by atoms with Crippen molar-refractivity contribution in [1.29, 1.82) is 0 Å². The molecule has 0 spiro atoms. The van der Waals surface area contributed by atoms with Crippen LogP contribution in [0.25, 0.3) is 0 Å². The maximum atomic E-state index is 11.3. The van der Waals surface area contributed by atoms with E-state index in [1.165, 1.54) is 13.2 Å². The largest absolute Gasteiger partial charge is 0.464 e. The zero-order valence-electron chi connectivity index (χ0n) is 9.62. The van der Waals surface area contributed by atoms with Gasteiger partial charge in [0.05, 0.1) is 23.6 Å². The van der Waals surface area contributed by atoms with Gasteiger partial charge in [-0.3, -0.25) is 10.1 Å². The molecule has 0 radical (unpaired) electrons. The predicted octanol–water partition coefficient (Wildman–Crippen LogP) is 1.16. The minimum absolute atomic E-state index is 0.0105. The second kappa shape index (κ2) is 4.82.